The smallest absolute Gasteiger partial charge is 0.534 e. The summed E-state index contributed by atoms with van der Waals surface area (Å²) in [4.78, 5) is 35.3. The summed E-state index contributed by atoms with van der Waals surface area (Å²) >= 11 is 0. The van der Waals surface area contributed by atoms with Crippen molar-refractivity contribution in [2.45, 2.75) is 51.1 Å². The summed E-state index contributed by atoms with van der Waals surface area (Å²) in [6, 6.07) is 4.54. The Balaban J connectivity index is 1.94. The van der Waals surface area contributed by atoms with Crippen molar-refractivity contribution in [2.75, 3.05) is 6.79 Å². The van der Waals surface area contributed by atoms with Crippen LogP contribution in [0.2, 0.25) is 0 Å². The summed E-state index contributed by atoms with van der Waals surface area (Å²) in [5.41, 5.74) is 0.481. The summed E-state index contributed by atoms with van der Waals surface area (Å²) in [6.45, 7) is 0.978. The highest BCUT2D eigenvalue weighted by Crippen LogP contribution is 2.30. The van der Waals surface area contributed by atoms with Gasteiger partial charge in [-0.25, -0.2) is 4.79 Å². The molecule has 1 aliphatic rings. The Bertz CT molecular complexity index is 788. The average Bonchev–Trinajstić information content (AvgIpc) is 2.66. The van der Waals surface area contributed by atoms with Gasteiger partial charge in [-0.2, -0.15) is 13.2 Å². The summed E-state index contributed by atoms with van der Waals surface area (Å²) < 4.78 is 50.8. The number of benzene rings is 1. The molecule has 1 aromatic rings. The zero-order chi connectivity index (χ0) is 22.3. The van der Waals surface area contributed by atoms with Crippen molar-refractivity contribution in [1.29, 1.82) is 0 Å². The van der Waals surface area contributed by atoms with Crippen LogP contribution in [0.4, 0.5) is 13.2 Å². The summed E-state index contributed by atoms with van der Waals surface area (Å²) in [5, 5.41) is 12.8. The van der Waals surface area contributed by atoms with E-state index in [2.05, 4.69) is 10.1 Å². The molecule has 0 unspecified atom stereocenters. The predicted octanol–water partition coefficient (Wildman–Crippen LogP) is 1.93. The van der Waals surface area contributed by atoms with E-state index in [0.29, 0.717) is 18.4 Å². The Morgan fingerprint density at radius 1 is 1.27 bits per heavy atom. The second-order valence-corrected chi connectivity index (χ2v) is 6.61. The highest BCUT2D eigenvalue weighted by molar-refractivity contribution is 6.47. The van der Waals surface area contributed by atoms with Crippen LogP contribution in [0.25, 0.3) is 0 Å². The molecule has 2 N–H and O–H groups in total. The van der Waals surface area contributed by atoms with Crippen molar-refractivity contribution in [3.05, 3.63) is 29.3 Å². The lowest BCUT2D eigenvalue weighted by molar-refractivity contribution is -0.163. The number of alkyl halides is 3. The van der Waals surface area contributed by atoms with Crippen LogP contribution < -0.4 is 9.97 Å². The second-order valence-electron chi connectivity index (χ2n) is 6.61. The number of hydrogen-bond donors (Lipinski definition) is 2. The maximum absolute atomic E-state index is 12.2. The van der Waals surface area contributed by atoms with Gasteiger partial charge in [-0.3, -0.25) is 9.59 Å². The van der Waals surface area contributed by atoms with E-state index >= 15 is 0 Å². The topological polar surface area (TPSA) is 111 Å². The molecule has 0 fully saturated rings. The zero-order valence-electron chi connectivity index (χ0n) is 16.2. The van der Waals surface area contributed by atoms with E-state index in [1.54, 1.807) is 6.07 Å². The van der Waals surface area contributed by atoms with Gasteiger partial charge in [0.2, 0.25) is 12.7 Å². The molecule has 0 aromatic heterocycles. The Morgan fingerprint density at radius 3 is 2.67 bits per heavy atom. The van der Waals surface area contributed by atoms with Gasteiger partial charge in [0.05, 0.1) is 18.8 Å². The predicted molar refractivity (Wildman–Crippen MR) is 97.2 cm³/mol. The number of para-hydroxylation sites is 1. The third-order valence-corrected chi connectivity index (χ3v) is 4.19. The molecule has 0 saturated heterocycles. The maximum Gasteiger partial charge on any atom is 0.547 e. The fraction of sp³-hybridized carbons (Fsp3) is 0.500. The van der Waals surface area contributed by atoms with E-state index in [0.717, 1.165) is 0 Å². The quantitative estimate of drug-likeness (QED) is 0.368. The second kappa shape index (κ2) is 10.3. The van der Waals surface area contributed by atoms with E-state index in [1.807, 2.05) is 6.92 Å². The van der Waals surface area contributed by atoms with Crippen molar-refractivity contribution in [3.63, 3.8) is 0 Å². The highest BCUT2D eigenvalue weighted by Gasteiger charge is 2.37. The van der Waals surface area contributed by atoms with Crippen LogP contribution in [0.15, 0.2) is 18.2 Å². The van der Waals surface area contributed by atoms with Crippen molar-refractivity contribution in [3.8, 4) is 5.75 Å². The number of hydrogen-bond acceptors (Lipinski definition) is 7. The Kier molecular flexibility index (Phi) is 8.10. The largest absolute Gasteiger partial charge is 0.547 e. The fourth-order valence-electron chi connectivity index (χ4n) is 2.76. The van der Waals surface area contributed by atoms with Gasteiger partial charge >= 0.3 is 25.2 Å². The lowest BCUT2D eigenvalue weighted by atomic mass is 9.72. The molecule has 164 valence electrons. The third-order valence-electron chi connectivity index (χ3n) is 4.19. The van der Waals surface area contributed by atoms with Crippen molar-refractivity contribution in [1.82, 2.24) is 5.32 Å². The first-order valence-electron chi connectivity index (χ1n) is 9.26. The van der Waals surface area contributed by atoms with Crippen LogP contribution in [-0.2, 0) is 25.5 Å². The molecule has 0 bridgehead atoms. The van der Waals surface area contributed by atoms with Gasteiger partial charge in [0, 0.05) is 6.42 Å². The number of rotatable bonds is 8. The monoisotopic (exact) mass is 431 g/mol. The normalized spacial score (nSPS) is 15.6. The van der Waals surface area contributed by atoms with E-state index < -0.39 is 50.8 Å². The minimum absolute atomic E-state index is 0.0550. The first-order chi connectivity index (χ1) is 14.1. The number of carbonyl (C=O) groups excluding carboxylic acids is 3. The molecule has 2 rings (SSSR count). The molecule has 1 aromatic carbocycles. The minimum Gasteiger partial charge on any atom is -0.534 e. The van der Waals surface area contributed by atoms with Crippen molar-refractivity contribution in [2.24, 2.45) is 0 Å². The van der Waals surface area contributed by atoms with Crippen LogP contribution in [0, 0.1) is 0 Å². The van der Waals surface area contributed by atoms with E-state index in [1.165, 1.54) is 12.1 Å². The maximum atomic E-state index is 12.2. The number of halogens is 3. The lowest BCUT2D eigenvalue weighted by Crippen LogP contribution is -2.53. The van der Waals surface area contributed by atoms with E-state index in [4.69, 9.17) is 9.39 Å². The lowest BCUT2D eigenvalue weighted by Gasteiger charge is -2.29. The van der Waals surface area contributed by atoms with E-state index in [-0.39, 0.29) is 23.6 Å². The standard InChI is InChI=1S/C18H21BF3NO7/c1-2-4-14(24)23-13-9-11-5-3-6-12(16(11)30-19(13)27)17(26)29-10-28-15(25)7-8-18(20,21)22/h3,5-6,13,27H,2,4,7-10H2,1H3,(H,23,24)/t13-/m0/s1. The molecular weight excluding hydrogens is 410 g/mol. The first-order valence-corrected chi connectivity index (χ1v) is 9.26. The molecule has 1 amide bonds. The van der Waals surface area contributed by atoms with Crippen LogP contribution in [-0.4, -0.2) is 48.9 Å². The third kappa shape index (κ3) is 6.94. The number of esters is 2. The van der Waals surface area contributed by atoms with Gasteiger partial charge in [0.15, 0.2) is 0 Å². The van der Waals surface area contributed by atoms with Crippen molar-refractivity contribution < 1.29 is 46.7 Å². The minimum atomic E-state index is -4.50. The van der Waals surface area contributed by atoms with Gasteiger partial charge in [-0.1, -0.05) is 19.1 Å². The molecule has 0 aliphatic carbocycles. The molecule has 0 saturated carbocycles. The van der Waals surface area contributed by atoms with Gasteiger partial charge in [0.1, 0.15) is 11.3 Å². The van der Waals surface area contributed by atoms with Crippen LogP contribution in [0.5, 0.6) is 5.75 Å². The SMILES string of the molecule is CCCC(=O)N[C@H]1Cc2cccc(C(=O)OCOC(=O)CCC(F)(F)F)c2OB1O. The van der Waals surface area contributed by atoms with Crippen molar-refractivity contribution >= 4 is 25.0 Å². The van der Waals surface area contributed by atoms with Crippen LogP contribution >= 0.6 is 0 Å². The molecule has 1 atom stereocenters. The Morgan fingerprint density at radius 2 is 2.00 bits per heavy atom. The number of carbonyl (C=O) groups is 3. The molecule has 0 radical (unpaired) electrons. The Labute approximate surface area is 170 Å². The molecule has 30 heavy (non-hydrogen) atoms. The summed E-state index contributed by atoms with van der Waals surface area (Å²) in [6.07, 6.45) is -5.58. The molecule has 0 spiro atoms. The van der Waals surface area contributed by atoms with Gasteiger partial charge < -0.3 is 24.5 Å². The zero-order valence-corrected chi connectivity index (χ0v) is 16.2. The van der Waals surface area contributed by atoms with Gasteiger partial charge in [-0.05, 0) is 24.5 Å². The highest BCUT2D eigenvalue weighted by atomic mass is 19.4. The number of nitrogens with one attached hydrogen (secondary N) is 1. The summed E-state index contributed by atoms with van der Waals surface area (Å²) in [5.74, 6) is -2.99. The number of fused-ring (bicyclic) bond motifs is 1. The number of amides is 1. The van der Waals surface area contributed by atoms with Gasteiger partial charge in [0.25, 0.3) is 0 Å². The first kappa shape index (κ1) is 23.5. The Hall–Kier alpha value is -2.76. The van der Waals surface area contributed by atoms with Crippen LogP contribution in [0.1, 0.15) is 48.5 Å². The number of ether oxygens (including phenoxy) is 2. The van der Waals surface area contributed by atoms with Crippen LogP contribution in [0.3, 0.4) is 0 Å². The van der Waals surface area contributed by atoms with E-state index in [9.17, 15) is 32.6 Å². The molecule has 1 heterocycles. The average molecular weight is 431 g/mol. The summed E-state index contributed by atoms with van der Waals surface area (Å²) in [7, 11) is -1.40. The fourth-order valence-corrected chi connectivity index (χ4v) is 2.76. The van der Waals surface area contributed by atoms with Gasteiger partial charge in [-0.15, -0.1) is 0 Å². The molecular formula is C18H21BF3NO7. The molecule has 1 aliphatic heterocycles. The molecule has 12 heteroatoms. The molecule has 8 nitrogen and oxygen atoms in total.